The first-order valence-corrected chi connectivity index (χ1v) is 7.67. The van der Waals surface area contributed by atoms with E-state index in [1.807, 2.05) is 0 Å². The first kappa shape index (κ1) is 13.9. The number of carbonyl (C=O) groups excluding carboxylic acids is 1. The van der Waals surface area contributed by atoms with Crippen LogP contribution in [0.2, 0.25) is 0 Å². The molecule has 0 bridgehead atoms. The molecule has 1 aromatic rings. The molecule has 1 heterocycles. The van der Waals surface area contributed by atoms with E-state index in [0.717, 1.165) is 41.0 Å². The van der Waals surface area contributed by atoms with Crippen molar-refractivity contribution in [2.24, 2.45) is 5.92 Å². The highest BCUT2D eigenvalue weighted by Crippen LogP contribution is 2.36. The second kappa shape index (κ2) is 6.08. The first-order valence-electron chi connectivity index (χ1n) is 6.06. The molecule has 98 valence electrons. The topological polar surface area (TPSA) is 32.3 Å². The molecule has 5 heteroatoms. The highest BCUT2D eigenvalue weighted by molar-refractivity contribution is 9.10. The Morgan fingerprint density at radius 3 is 3.00 bits per heavy atom. The SMILES string of the molecule is CC(C)CNSc1cc2c(cc1Br)CCN2C=O. The van der Waals surface area contributed by atoms with Gasteiger partial charge in [0.25, 0.3) is 0 Å². The van der Waals surface area contributed by atoms with Crippen molar-refractivity contribution < 1.29 is 4.79 Å². The summed E-state index contributed by atoms with van der Waals surface area (Å²) >= 11 is 5.21. The molecule has 0 aliphatic carbocycles. The number of amides is 1. The number of benzene rings is 1. The van der Waals surface area contributed by atoms with Gasteiger partial charge in [-0.2, -0.15) is 0 Å². The zero-order valence-electron chi connectivity index (χ0n) is 10.6. The maximum Gasteiger partial charge on any atom is 0.214 e. The molecule has 1 amide bonds. The van der Waals surface area contributed by atoms with Crippen molar-refractivity contribution >= 4 is 40.0 Å². The van der Waals surface area contributed by atoms with Crippen molar-refractivity contribution in [1.82, 2.24) is 4.72 Å². The standard InChI is InChI=1S/C13H17BrN2OS/c1-9(2)7-15-18-13-6-12-10(5-11(13)14)3-4-16(12)8-17/h5-6,8-9,15H,3-4,7H2,1-2H3. The van der Waals surface area contributed by atoms with Crippen LogP contribution in [0, 0.1) is 5.92 Å². The van der Waals surface area contributed by atoms with Crippen LogP contribution in [0.1, 0.15) is 19.4 Å². The Morgan fingerprint density at radius 2 is 2.33 bits per heavy atom. The van der Waals surface area contributed by atoms with E-state index in [-0.39, 0.29) is 0 Å². The minimum absolute atomic E-state index is 0.622. The molecule has 0 saturated carbocycles. The van der Waals surface area contributed by atoms with Gasteiger partial charge in [0.1, 0.15) is 0 Å². The van der Waals surface area contributed by atoms with Crippen molar-refractivity contribution in [1.29, 1.82) is 0 Å². The summed E-state index contributed by atoms with van der Waals surface area (Å²) in [7, 11) is 0. The van der Waals surface area contributed by atoms with Gasteiger partial charge < -0.3 is 4.90 Å². The lowest BCUT2D eigenvalue weighted by Gasteiger charge is -2.13. The Hall–Kier alpha value is -0.520. The molecule has 3 nitrogen and oxygen atoms in total. The zero-order chi connectivity index (χ0) is 13.1. The maximum absolute atomic E-state index is 11.0. The van der Waals surface area contributed by atoms with Crippen molar-refractivity contribution in [2.45, 2.75) is 25.2 Å². The summed E-state index contributed by atoms with van der Waals surface area (Å²) < 4.78 is 4.44. The van der Waals surface area contributed by atoms with Crippen LogP contribution in [0.4, 0.5) is 5.69 Å². The number of carbonyl (C=O) groups is 1. The summed E-state index contributed by atoms with van der Waals surface area (Å²) in [6.45, 7) is 6.11. The second-order valence-electron chi connectivity index (χ2n) is 4.80. The number of nitrogens with one attached hydrogen (secondary N) is 1. The number of anilines is 1. The summed E-state index contributed by atoms with van der Waals surface area (Å²) in [4.78, 5) is 13.9. The summed E-state index contributed by atoms with van der Waals surface area (Å²) in [5.74, 6) is 0.622. The molecular formula is C13H17BrN2OS. The summed E-state index contributed by atoms with van der Waals surface area (Å²) in [6.07, 6.45) is 1.85. The van der Waals surface area contributed by atoms with Gasteiger partial charge in [-0.3, -0.25) is 9.52 Å². The minimum atomic E-state index is 0.622. The summed E-state index contributed by atoms with van der Waals surface area (Å²) in [5, 5.41) is 0. The maximum atomic E-state index is 11.0. The van der Waals surface area contributed by atoms with Crippen LogP contribution in [0.15, 0.2) is 21.5 Å². The largest absolute Gasteiger partial charge is 0.314 e. The third-order valence-corrected chi connectivity index (χ3v) is 4.65. The van der Waals surface area contributed by atoms with Gasteiger partial charge in [0.15, 0.2) is 0 Å². The van der Waals surface area contributed by atoms with Gasteiger partial charge in [-0.05, 0) is 57.9 Å². The fourth-order valence-electron chi connectivity index (χ4n) is 1.89. The molecule has 0 aromatic heterocycles. The van der Waals surface area contributed by atoms with Crippen molar-refractivity contribution in [3.05, 3.63) is 22.2 Å². The molecule has 0 unspecified atom stereocenters. The second-order valence-corrected chi connectivity index (χ2v) is 6.59. The van der Waals surface area contributed by atoms with E-state index in [1.165, 1.54) is 5.56 Å². The van der Waals surface area contributed by atoms with E-state index in [9.17, 15) is 4.79 Å². The predicted octanol–water partition coefficient (Wildman–Crippen LogP) is 3.22. The lowest BCUT2D eigenvalue weighted by Crippen LogP contribution is -2.17. The molecule has 0 atom stereocenters. The number of fused-ring (bicyclic) bond motifs is 1. The van der Waals surface area contributed by atoms with E-state index in [0.29, 0.717) is 5.92 Å². The highest BCUT2D eigenvalue weighted by atomic mass is 79.9. The molecule has 1 aliphatic heterocycles. The third-order valence-electron chi connectivity index (χ3n) is 2.87. The third kappa shape index (κ3) is 3.08. The van der Waals surface area contributed by atoms with Gasteiger partial charge in [-0.1, -0.05) is 13.8 Å². The fourth-order valence-corrected chi connectivity index (χ4v) is 3.42. The number of rotatable bonds is 5. The van der Waals surface area contributed by atoms with Gasteiger partial charge in [0.05, 0.1) is 0 Å². The lowest BCUT2D eigenvalue weighted by atomic mass is 10.2. The summed E-state index contributed by atoms with van der Waals surface area (Å²) in [6, 6.07) is 4.21. The van der Waals surface area contributed by atoms with Crippen LogP contribution in [-0.4, -0.2) is 19.5 Å². The van der Waals surface area contributed by atoms with Crippen LogP contribution < -0.4 is 9.62 Å². The van der Waals surface area contributed by atoms with Gasteiger partial charge in [-0.25, -0.2) is 0 Å². The normalized spacial score (nSPS) is 14.1. The first-order chi connectivity index (χ1) is 8.61. The predicted molar refractivity (Wildman–Crippen MR) is 80.0 cm³/mol. The van der Waals surface area contributed by atoms with Crippen molar-refractivity contribution in [3.63, 3.8) is 0 Å². The van der Waals surface area contributed by atoms with Crippen LogP contribution in [0.5, 0.6) is 0 Å². The number of nitrogens with zero attached hydrogens (tertiary/aromatic N) is 1. The van der Waals surface area contributed by atoms with E-state index in [1.54, 1.807) is 16.8 Å². The number of hydrogen-bond acceptors (Lipinski definition) is 3. The summed E-state index contributed by atoms with van der Waals surface area (Å²) in [5.41, 5.74) is 2.28. The molecule has 2 rings (SSSR count). The van der Waals surface area contributed by atoms with Crippen LogP contribution in [0.3, 0.4) is 0 Å². The van der Waals surface area contributed by atoms with E-state index < -0.39 is 0 Å². The molecule has 0 saturated heterocycles. The Bertz CT molecular complexity index is 451. The van der Waals surface area contributed by atoms with Gasteiger partial charge in [0.2, 0.25) is 6.41 Å². The molecule has 0 radical (unpaired) electrons. The molecular weight excluding hydrogens is 312 g/mol. The smallest absolute Gasteiger partial charge is 0.214 e. The lowest BCUT2D eigenvalue weighted by molar-refractivity contribution is -0.107. The average Bonchev–Trinajstić information content (AvgIpc) is 2.71. The number of halogens is 1. The van der Waals surface area contributed by atoms with Crippen molar-refractivity contribution in [3.8, 4) is 0 Å². The Morgan fingerprint density at radius 1 is 1.56 bits per heavy atom. The van der Waals surface area contributed by atoms with Crippen LogP contribution >= 0.6 is 27.9 Å². The Labute approximate surface area is 121 Å². The molecule has 0 spiro atoms. The molecule has 0 fully saturated rings. The highest BCUT2D eigenvalue weighted by Gasteiger charge is 2.20. The average molecular weight is 329 g/mol. The quantitative estimate of drug-likeness (QED) is 0.665. The van der Waals surface area contributed by atoms with E-state index >= 15 is 0 Å². The molecule has 1 N–H and O–H groups in total. The van der Waals surface area contributed by atoms with Gasteiger partial charge in [-0.15, -0.1) is 0 Å². The van der Waals surface area contributed by atoms with Crippen molar-refractivity contribution in [2.75, 3.05) is 18.0 Å². The molecule has 1 aromatic carbocycles. The van der Waals surface area contributed by atoms with E-state index in [2.05, 4.69) is 46.6 Å². The monoisotopic (exact) mass is 328 g/mol. The molecule has 1 aliphatic rings. The van der Waals surface area contributed by atoms with Gasteiger partial charge >= 0.3 is 0 Å². The van der Waals surface area contributed by atoms with Crippen LogP contribution in [0.25, 0.3) is 0 Å². The Kier molecular flexibility index (Phi) is 4.70. The molecule has 18 heavy (non-hydrogen) atoms. The zero-order valence-corrected chi connectivity index (χ0v) is 13.0. The van der Waals surface area contributed by atoms with E-state index in [4.69, 9.17) is 0 Å². The fraction of sp³-hybridized carbons (Fsp3) is 0.462. The minimum Gasteiger partial charge on any atom is -0.314 e. The Balaban J connectivity index is 2.14. The van der Waals surface area contributed by atoms with Gasteiger partial charge in [0, 0.05) is 28.1 Å². The van der Waals surface area contributed by atoms with Crippen LogP contribution in [-0.2, 0) is 11.2 Å². The number of hydrogen-bond donors (Lipinski definition) is 1.